The van der Waals surface area contributed by atoms with Gasteiger partial charge in [-0.2, -0.15) is 0 Å². The molecular formula is C37H27FN2O2. The van der Waals surface area contributed by atoms with Gasteiger partial charge in [0.25, 0.3) is 5.91 Å². The average Bonchev–Trinajstić information content (AvgIpc) is 3.52. The number of nitrogens with one attached hydrogen (secondary N) is 1. The minimum Gasteiger partial charge on any atom is -0.305 e. The highest BCUT2D eigenvalue weighted by Crippen LogP contribution is 2.56. The van der Waals surface area contributed by atoms with Crippen LogP contribution < -0.4 is 10.2 Å². The second kappa shape index (κ2) is 10.4. The van der Waals surface area contributed by atoms with E-state index in [1.807, 2.05) is 103 Å². The largest absolute Gasteiger partial charge is 0.305 e. The van der Waals surface area contributed by atoms with E-state index in [2.05, 4.69) is 5.32 Å². The number of hydrogen-bond donors (Lipinski definition) is 1. The number of nitrogens with zero attached hydrogens (tertiary/aromatic N) is 1. The van der Waals surface area contributed by atoms with E-state index in [1.54, 1.807) is 29.2 Å². The lowest BCUT2D eigenvalue weighted by Crippen LogP contribution is -2.49. The van der Waals surface area contributed by atoms with Crippen molar-refractivity contribution in [3.63, 3.8) is 0 Å². The number of amides is 1. The van der Waals surface area contributed by atoms with Crippen LogP contribution in [0.3, 0.4) is 0 Å². The highest BCUT2D eigenvalue weighted by molar-refractivity contribution is 6.23. The van der Waals surface area contributed by atoms with Crippen molar-refractivity contribution in [2.75, 3.05) is 4.90 Å². The molecule has 0 aromatic heterocycles. The van der Waals surface area contributed by atoms with E-state index in [1.165, 1.54) is 12.1 Å². The zero-order chi connectivity index (χ0) is 28.7. The Morgan fingerprint density at radius 2 is 1.33 bits per heavy atom. The van der Waals surface area contributed by atoms with Crippen LogP contribution in [-0.4, -0.2) is 11.7 Å². The Kier molecular flexibility index (Phi) is 6.37. The predicted octanol–water partition coefficient (Wildman–Crippen LogP) is 7.25. The maximum absolute atomic E-state index is 15.0. The monoisotopic (exact) mass is 550 g/mol. The third kappa shape index (κ3) is 4.09. The summed E-state index contributed by atoms with van der Waals surface area (Å²) in [5.74, 6) is -0.708. The summed E-state index contributed by atoms with van der Waals surface area (Å²) in [6.07, 6.45) is 0. The molecule has 204 valence electrons. The normalized spacial score (nSPS) is 19.4. The minimum atomic E-state index is -1.34. The summed E-state index contributed by atoms with van der Waals surface area (Å²) in [5, 5.41) is 3.66. The quantitative estimate of drug-likeness (QED) is 0.227. The van der Waals surface area contributed by atoms with Crippen LogP contribution in [0.5, 0.6) is 0 Å². The maximum Gasteiger partial charge on any atom is 0.257 e. The van der Waals surface area contributed by atoms with Gasteiger partial charge in [0, 0.05) is 22.3 Å². The molecule has 0 radical (unpaired) electrons. The lowest BCUT2D eigenvalue weighted by atomic mass is 9.79. The molecule has 5 aromatic carbocycles. The second-order valence-corrected chi connectivity index (χ2v) is 10.6. The van der Waals surface area contributed by atoms with E-state index in [9.17, 15) is 14.0 Å². The molecule has 2 heterocycles. The number of para-hydroxylation sites is 1. The van der Waals surface area contributed by atoms with Crippen LogP contribution in [-0.2, 0) is 16.9 Å². The molecule has 0 bridgehead atoms. The number of carbonyl (C=O) groups is 2. The van der Waals surface area contributed by atoms with Crippen LogP contribution >= 0.6 is 0 Å². The van der Waals surface area contributed by atoms with Crippen molar-refractivity contribution < 1.29 is 14.0 Å². The van der Waals surface area contributed by atoms with E-state index in [0.717, 1.165) is 22.4 Å². The first-order valence-electron chi connectivity index (χ1n) is 14.0. The number of carbonyl (C=O) groups excluding carboxylic acids is 2. The number of Topliss-reactive ketones (excluding diaryl/α,β-unsaturated/α-hetero) is 1. The zero-order valence-corrected chi connectivity index (χ0v) is 22.7. The molecule has 1 spiro atoms. The molecule has 0 saturated carbocycles. The summed E-state index contributed by atoms with van der Waals surface area (Å²) in [5.41, 5.74) is 4.33. The lowest BCUT2D eigenvalue weighted by molar-refractivity contribution is -0.122. The molecule has 2 aliphatic heterocycles. The molecule has 1 amide bonds. The molecule has 2 atom stereocenters. The molecule has 0 aliphatic carbocycles. The van der Waals surface area contributed by atoms with Crippen LogP contribution in [0.2, 0.25) is 0 Å². The molecule has 5 heteroatoms. The number of fused-ring (bicyclic) bond motifs is 2. The summed E-state index contributed by atoms with van der Waals surface area (Å²) in [4.78, 5) is 31.3. The number of anilines is 1. The van der Waals surface area contributed by atoms with Gasteiger partial charge in [-0.3, -0.25) is 14.9 Å². The molecule has 42 heavy (non-hydrogen) atoms. The van der Waals surface area contributed by atoms with Crippen LogP contribution in [0.4, 0.5) is 10.1 Å². The van der Waals surface area contributed by atoms with E-state index < -0.39 is 11.6 Å². The van der Waals surface area contributed by atoms with Crippen LogP contribution in [0, 0.1) is 5.82 Å². The standard InChI is InChI=1S/C37H27FN2O2/c38-29-22-20-27(21-23-29)34-32(35(41)28-16-8-3-9-17-28)33(26-14-6-2-7-15-26)37(39-34)30-18-10-11-19-31(30)40(36(37)42)24-25-12-4-1-5-13-25/h1-23,34,39H,24H2/t34-,37-/m1/s1. The molecular weight excluding hydrogens is 523 g/mol. The molecule has 1 N–H and O–H groups in total. The average molecular weight is 551 g/mol. The third-order valence-corrected chi connectivity index (χ3v) is 8.19. The first-order valence-corrected chi connectivity index (χ1v) is 14.0. The van der Waals surface area contributed by atoms with Crippen molar-refractivity contribution in [1.82, 2.24) is 5.32 Å². The topological polar surface area (TPSA) is 49.4 Å². The fourth-order valence-electron chi connectivity index (χ4n) is 6.34. The number of ketones is 1. The summed E-state index contributed by atoms with van der Waals surface area (Å²) in [7, 11) is 0. The Bertz CT molecular complexity index is 1820. The predicted molar refractivity (Wildman–Crippen MR) is 162 cm³/mol. The summed E-state index contributed by atoms with van der Waals surface area (Å²) in [6, 6.07) is 41.9. The summed E-state index contributed by atoms with van der Waals surface area (Å²) >= 11 is 0. The van der Waals surface area contributed by atoms with Gasteiger partial charge < -0.3 is 4.90 Å². The molecule has 7 rings (SSSR count). The Morgan fingerprint density at radius 3 is 2.02 bits per heavy atom. The minimum absolute atomic E-state index is 0.158. The maximum atomic E-state index is 15.0. The Hall–Kier alpha value is -5.13. The lowest BCUT2D eigenvalue weighted by Gasteiger charge is -2.29. The van der Waals surface area contributed by atoms with Crippen molar-refractivity contribution in [2.24, 2.45) is 0 Å². The number of hydrogen-bond acceptors (Lipinski definition) is 3. The Morgan fingerprint density at radius 1 is 0.738 bits per heavy atom. The van der Waals surface area contributed by atoms with Crippen LogP contribution in [0.25, 0.3) is 5.57 Å². The fourth-order valence-corrected chi connectivity index (χ4v) is 6.34. The van der Waals surface area contributed by atoms with Gasteiger partial charge in [-0.05, 0) is 34.9 Å². The smallest absolute Gasteiger partial charge is 0.257 e. The van der Waals surface area contributed by atoms with Gasteiger partial charge in [-0.15, -0.1) is 0 Å². The SMILES string of the molecule is O=C(C1=C(c2ccccc2)[C@@]2(N[C@@H]1c1ccc(F)cc1)C(=O)N(Cc1ccccc1)c1ccccc12)c1ccccc1. The van der Waals surface area contributed by atoms with Crippen molar-refractivity contribution in [3.8, 4) is 0 Å². The Balaban J connectivity index is 1.51. The molecule has 2 aliphatic rings. The van der Waals surface area contributed by atoms with Gasteiger partial charge in [-0.1, -0.05) is 121 Å². The fraction of sp³-hybridized carbons (Fsp3) is 0.0811. The van der Waals surface area contributed by atoms with E-state index >= 15 is 0 Å². The van der Waals surface area contributed by atoms with Gasteiger partial charge in [0.05, 0.1) is 18.3 Å². The molecule has 5 aromatic rings. The van der Waals surface area contributed by atoms with Gasteiger partial charge in [0.2, 0.25) is 0 Å². The molecule has 0 saturated heterocycles. The number of benzene rings is 5. The highest BCUT2D eigenvalue weighted by Gasteiger charge is 2.60. The third-order valence-electron chi connectivity index (χ3n) is 8.19. The number of rotatable bonds is 6. The molecule has 0 unspecified atom stereocenters. The van der Waals surface area contributed by atoms with Gasteiger partial charge in [0.1, 0.15) is 5.82 Å². The zero-order valence-electron chi connectivity index (χ0n) is 22.7. The van der Waals surface area contributed by atoms with Crippen molar-refractivity contribution in [1.29, 1.82) is 0 Å². The van der Waals surface area contributed by atoms with Gasteiger partial charge in [-0.25, -0.2) is 4.39 Å². The van der Waals surface area contributed by atoms with Gasteiger partial charge >= 0.3 is 0 Å². The summed E-state index contributed by atoms with van der Waals surface area (Å²) < 4.78 is 14.1. The summed E-state index contributed by atoms with van der Waals surface area (Å²) in [6.45, 7) is 0.380. The highest BCUT2D eigenvalue weighted by atomic mass is 19.1. The van der Waals surface area contributed by atoms with E-state index in [4.69, 9.17) is 0 Å². The van der Waals surface area contributed by atoms with Crippen molar-refractivity contribution >= 4 is 23.0 Å². The molecule has 0 fully saturated rings. The van der Waals surface area contributed by atoms with E-state index in [0.29, 0.717) is 28.8 Å². The first-order chi connectivity index (χ1) is 20.6. The second-order valence-electron chi connectivity index (χ2n) is 10.6. The van der Waals surface area contributed by atoms with Crippen LogP contribution in [0.15, 0.2) is 145 Å². The first kappa shape index (κ1) is 25.8. The van der Waals surface area contributed by atoms with Crippen molar-refractivity contribution in [3.05, 3.63) is 179 Å². The van der Waals surface area contributed by atoms with Crippen LogP contribution in [0.1, 0.15) is 38.7 Å². The molecule has 4 nitrogen and oxygen atoms in total. The Labute approximate surface area is 243 Å². The van der Waals surface area contributed by atoms with Crippen molar-refractivity contribution in [2.45, 2.75) is 18.1 Å². The number of halogens is 1. The van der Waals surface area contributed by atoms with Gasteiger partial charge in [0.15, 0.2) is 11.3 Å². The van der Waals surface area contributed by atoms with E-state index in [-0.39, 0.29) is 17.5 Å².